The lowest BCUT2D eigenvalue weighted by molar-refractivity contribution is 0.489. The van der Waals surface area contributed by atoms with Crippen LogP contribution in [0, 0.1) is 6.92 Å². The quantitative estimate of drug-likeness (QED) is 0.215. The monoisotopic (exact) mass is 406 g/mol. The summed E-state index contributed by atoms with van der Waals surface area (Å²) in [5.41, 5.74) is 4.13. The molecule has 5 aromatic rings. The molecule has 138 valence electrons. The Morgan fingerprint density at radius 2 is 1.54 bits per heavy atom. The maximum atomic E-state index is 5.77. The van der Waals surface area contributed by atoms with E-state index in [0.717, 1.165) is 32.9 Å². The first kappa shape index (κ1) is 17.3. The van der Waals surface area contributed by atoms with Crippen molar-refractivity contribution < 1.29 is 8.83 Å². The standard InChI is InChI=1S/C20H14N4O2S2/c1-12-10-18(28-20-23-14-7-3-5-9-16(14)26-20)24-19(21-12)27-11-17-22-13-6-2-4-8-15(13)25-17/h2-10H,11H2,1H3. The largest absolute Gasteiger partial charge is 0.440 e. The Hall–Kier alpha value is -2.84. The number of nitrogens with zero attached hydrogens (tertiary/aromatic N) is 4. The molecule has 0 bridgehead atoms. The van der Waals surface area contributed by atoms with Gasteiger partial charge in [-0.15, -0.1) is 0 Å². The van der Waals surface area contributed by atoms with Crippen molar-refractivity contribution in [2.75, 3.05) is 0 Å². The van der Waals surface area contributed by atoms with E-state index in [-0.39, 0.29) is 0 Å². The molecule has 0 aliphatic rings. The van der Waals surface area contributed by atoms with E-state index in [4.69, 9.17) is 8.83 Å². The van der Waals surface area contributed by atoms with Gasteiger partial charge < -0.3 is 8.83 Å². The summed E-state index contributed by atoms with van der Waals surface area (Å²) in [6.45, 7) is 1.95. The summed E-state index contributed by atoms with van der Waals surface area (Å²) in [5, 5.41) is 2.02. The van der Waals surface area contributed by atoms with Crippen molar-refractivity contribution in [3.8, 4) is 0 Å². The highest BCUT2D eigenvalue weighted by molar-refractivity contribution is 7.99. The average Bonchev–Trinajstić information content (AvgIpc) is 3.28. The molecule has 0 aliphatic carbocycles. The van der Waals surface area contributed by atoms with Crippen molar-refractivity contribution in [3.05, 3.63) is 66.2 Å². The molecule has 2 aromatic carbocycles. The van der Waals surface area contributed by atoms with Crippen molar-refractivity contribution >= 4 is 45.7 Å². The van der Waals surface area contributed by atoms with E-state index in [1.54, 1.807) is 0 Å². The SMILES string of the molecule is Cc1cc(Sc2nc3ccccc3o2)nc(SCc2nc3ccccc3o2)n1. The van der Waals surface area contributed by atoms with Gasteiger partial charge in [0.25, 0.3) is 5.22 Å². The Bertz CT molecular complexity index is 1220. The molecular weight excluding hydrogens is 392 g/mol. The predicted molar refractivity (Wildman–Crippen MR) is 108 cm³/mol. The number of oxazole rings is 2. The number of para-hydroxylation sites is 4. The van der Waals surface area contributed by atoms with Gasteiger partial charge in [-0.05, 0) is 49.0 Å². The lowest BCUT2D eigenvalue weighted by atomic mass is 10.3. The summed E-state index contributed by atoms with van der Waals surface area (Å²) in [6, 6.07) is 17.3. The maximum absolute atomic E-state index is 5.77. The molecule has 0 amide bonds. The molecule has 28 heavy (non-hydrogen) atoms. The molecule has 0 saturated carbocycles. The fourth-order valence-electron chi connectivity index (χ4n) is 2.72. The Labute approximate surface area is 168 Å². The minimum absolute atomic E-state index is 0.561. The molecule has 0 aliphatic heterocycles. The van der Waals surface area contributed by atoms with Gasteiger partial charge in [-0.2, -0.15) is 0 Å². The summed E-state index contributed by atoms with van der Waals surface area (Å²) >= 11 is 2.88. The molecule has 3 aromatic heterocycles. The van der Waals surface area contributed by atoms with Crippen LogP contribution < -0.4 is 0 Å². The minimum atomic E-state index is 0.561. The second-order valence-electron chi connectivity index (χ2n) is 6.04. The highest BCUT2D eigenvalue weighted by atomic mass is 32.2. The van der Waals surface area contributed by atoms with Crippen LogP contribution in [0.25, 0.3) is 22.2 Å². The van der Waals surface area contributed by atoms with Crippen LogP contribution in [0.4, 0.5) is 0 Å². The molecule has 3 heterocycles. The molecule has 0 saturated heterocycles. The zero-order chi connectivity index (χ0) is 18.9. The van der Waals surface area contributed by atoms with E-state index >= 15 is 0 Å². The van der Waals surface area contributed by atoms with Crippen LogP contribution >= 0.6 is 23.5 Å². The molecule has 0 spiro atoms. The fourth-order valence-corrected chi connectivity index (χ4v) is 4.34. The van der Waals surface area contributed by atoms with Crippen LogP contribution in [0.5, 0.6) is 0 Å². The minimum Gasteiger partial charge on any atom is -0.440 e. The van der Waals surface area contributed by atoms with Gasteiger partial charge in [0.05, 0.1) is 5.75 Å². The van der Waals surface area contributed by atoms with Gasteiger partial charge in [0.2, 0.25) is 5.89 Å². The van der Waals surface area contributed by atoms with Crippen LogP contribution in [0.3, 0.4) is 0 Å². The number of benzene rings is 2. The maximum Gasteiger partial charge on any atom is 0.263 e. The van der Waals surface area contributed by atoms with Crippen LogP contribution in [0.2, 0.25) is 0 Å². The summed E-state index contributed by atoms with van der Waals surface area (Å²) in [7, 11) is 0. The molecule has 0 atom stereocenters. The zero-order valence-electron chi connectivity index (χ0n) is 14.8. The Morgan fingerprint density at radius 1 is 0.821 bits per heavy atom. The summed E-state index contributed by atoms with van der Waals surface area (Å²) in [5.74, 6) is 1.22. The summed E-state index contributed by atoms with van der Waals surface area (Å²) < 4.78 is 11.5. The third kappa shape index (κ3) is 3.61. The smallest absolute Gasteiger partial charge is 0.263 e. The van der Waals surface area contributed by atoms with Crippen LogP contribution in [-0.4, -0.2) is 19.9 Å². The highest BCUT2D eigenvalue weighted by Crippen LogP contribution is 2.30. The van der Waals surface area contributed by atoms with E-state index in [9.17, 15) is 0 Å². The first-order chi connectivity index (χ1) is 13.7. The molecule has 0 unspecified atom stereocenters. The van der Waals surface area contributed by atoms with Crippen molar-refractivity contribution in [1.82, 2.24) is 19.9 Å². The second-order valence-corrected chi connectivity index (χ2v) is 7.96. The van der Waals surface area contributed by atoms with Crippen molar-refractivity contribution in [2.45, 2.75) is 28.1 Å². The number of hydrogen-bond donors (Lipinski definition) is 0. The zero-order valence-corrected chi connectivity index (χ0v) is 16.5. The van der Waals surface area contributed by atoms with Crippen molar-refractivity contribution in [2.24, 2.45) is 0 Å². The highest BCUT2D eigenvalue weighted by Gasteiger charge is 2.12. The Balaban J connectivity index is 1.34. The number of aryl methyl sites for hydroxylation is 1. The lowest BCUT2D eigenvalue weighted by Gasteiger charge is -2.02. The number of thioether (sulfide) groups is 1. The summed E-state index contributed by atoms with van der Waals surface area (Å²) in [6.07, 6.45) is 0. The predicted octanol–water partition coefficient (Wildman–Crippen LogP) is 5.51. The van der Waals surface area contributed by atoms with E-state index < -0.39 is 0 Å². The van der Waals surface area contributed by atoms with Crippen molar-refractivity contribution in [1.29, 1.82) is 0 Å². The second kappa shape index (κ2) is 7.29. The van der Waals surface area contributed by atoms with Gasteiger partial charge in [0.1, 0.15) is 16.1 Å². The lowest BCUT2D eigenvalue weighted by Crippen LogP contribution is -1.93. The number of fused-ring (bicyclic) bond motifs is 2. The summed E-state index contributed by atoms with van der Waals surface area (Å²) in [4.78, 5) is 18.1. The molecular formula is C20H14N4O2S2. The van der Waals surface area contributed by atoms with Crippen molar-refractivity contribution in [3.63, 3.8) is 0 Å². The number of hydrogen-bond acceptors (Lipinski definition) is 8. The van der Waals surface area contributed by atoms with E-state index in [2.05, 4.69) is 19.9 Å². The molecule has 0 fully saturated rings. The van der Waals surface area contributed by atoms with Gasteiger partial charge in [0.15, 0.2) is 16.3 Å². The van der Waals surface area contributed by atoms with Crippen LogP contribution in [0.1, 0.15) is 11.6 Å². The molecule has 8 heteroatoms. The van der Waals surface area contributed by atoms with E-state index in [1.807, 2.05) is 61.5 Å². The molecule has 6 nitrogen and oxygen atoms in total. The molecule has 0 N–H and O–H groups in total. The third-order valence-electron chi connectivity index (χ3n) is 3.94. The Morgan fingerprint density at radius 3 is 2.29 bits per heavy atom. The van der Waals surface area contributed by atoms with Gasteiger partial charge >= 0.3 is 0 Å². The average molecular weight is 406 g/mol. The van der Waals surface area contributed by atoms with E-state index in [0.29, 0.717) is 22.0 Å². The number of rotatable bonds is 5. The van der Waals surface area contributed by atoms with Gasteiger partial charge in [0, 0.05) is 5.69 Å². The first-order valence-electron chi connectivity index (χ1n) is 8.59. The van der Waals surface area contributed by atoms with Crippen LogP contribution in [-0.2, 0) is 5.75 Å². The van der Waals surface area contributed by atoms with Crippen LogP contribution in [0.15, 0.2) is 78.8 Å². The Kier molecular flexibility index (Phi) is 4.50. The van der Waals surface area contributed by atoms with Gasteiger partial charge in [-0.25, -0.2) is 19.9 Å². The first-order valence-corrected chi connectivity index (χ1v) is 10.4. The topological polar surface area (TPSA) is 77.8 Å². The van der Waals surface area contributed by atoms with Gasteiger partial charge in [-0.3, -0.25) is 0 Å². The number of aromatic nitrogens is 4. The molecule has 0 radical (unpaired) electrons. The normalized spacial score (nSPS) is 11.5. The molecule has 5 rings (SSSR count). The third-order valence-corrected chi connectivity index (χ3v) is 5.54. The van der Waals surface area contributed by atoms with Gasteiger partial charge in [-0.1, -0.05) is 36.0 Å². The fraction of sp³-hybridized carbons (Fsp3) is 0.100. The van der Waals surface area contributed by atoms with E-state index in [1.165, 1.54) is 23.5 Å².